The zero-order valence-corrected chi connectivity index (χ0v) is 7.01. The molecular formula is C6H5ClS2. The Kier molecular flexibility index (Phi) is 2.76. The minimum atomic E-state index is 0.962. The van der Waals surface area contributed by atoms with E-state index in [1.54, 1.807) is 0 Å². The van der Waals surface area contributed by atoms with E-state index in [0.29, 0.717) is 0 Å². The predicted octanol–water partition coefficient (Wildman–Crippen LogP) is 3.22. The molecule has 0 fully saturated rings. The van der Waals surface area contributed by atoms with Crippen LogP contribution in [0.1, 0.15) is 0 Å². The third-order valence-corrected chi connectivity index (χ3v) is 2.21. The van der Waals surface area contributed by atoms with Gasteiger partial charge in [-0.2, -0.15) is 0 Å². The van der Waals surface area contributed by atoms with Crippen molar-refractivity contribution in [3.63, 3.8) is 0 Å². The highest BCUT2D eigenvalue weighted by molar-refractivity contribution is 8.21. The van der Waals surface area contributed by atoms with Gasteiger partial charge in [0.15, 0.2) is 0 Å². The first-order valence-electron chi connectivity index (χ1n) is 2.40. The van der Waals surface area contributed by atoms with Gasteiger partial charge in [-0.1, -0.05) is 0 Å². The third-order valence-electron chi connectivity index (χ3n) is 0.926. The van der Waals surface area contributed by atoms with E-state index in [2.05, 4.69) is 12.6 Å². The van der Waals surface area contributed by atoms with Gasteiger partial charge < -0.3 is 0 Å². The maximum Gasteiger partial charge on any atom is 0.0234 e. The van der Waals surface area contributed by atoms with Crippen LogP contribution in [-0.4, -0.2) is 0 Å². The van der Waals surface area contributed by atoms with Gasteiger partial charge in [0, 0.05) is 9.79 Å². The Labute approximate surface area is 68.5 Å². The first-order chi connectivity index (χ1) is 4.33. The summed E-state index contributed by atoms with van der Waals surface area (Å²) >= 11 is 4.12. The van der Waals surface area contributed by atoms with Crippen molar-refractivity contribution in [2.24, 2.45) is 0 Å². The number of halogens is 1. The molecule has 1 aromatic carbocycles. The Bertz CT molecular complexity index is 183. The van der Waals surface area contributed by atoms with E-state index in [-0.39, 0.29) is 0 Å². The van der Waals surface area contributed by atoms with Crippen LogP contribution in [-0.2, 0) is 0 Å². The maximum atomic E-state index is 5.47. The van der Waals surface area contributed by atoms with Crippen molar-refractivity contribution in [1.82, 2.24) is 0 Å². The molecule has 0 unspecified atom stereocenters. The molecule has 0 bridgehead atoms. The first kappa shape index (κ1) is 7.32. The molecule has 0 saturated heterocycles. The molecule has 0 aliphatic rings. The lowest BCUT2D eigenvalue weighted by atomic mass is 10.4. The number of benzene rings is 1. The molecule has 9 heavy (non-hydrogen) atoms. The monoisotopic (exact) mass is 176 g/mol. The quantitative estimate of drug-likeness (QED) is 0.642. The normalized spacial score (nSPS) is 9.56. The molecule has 1 rings (SSSR count). The van der Waals surface area contributed by atoms with Crippen LogP contribution in [0.5, 0.6) is 0 Å². The summed E-state index contributed by atoms with van der Waals surface area (Å²) in [5.74, 6) is 0. The summed E-state index contributed by atoms with van der Waals surface area (Å²) in [6.45, 7) is 0. The Morgan fingerprint density at radius 1 is 1.22 bits per heavy atom. The summed E-state index contributed by atoms with van der Waals surface area (Å²) < 4.78 is 0. The highest BCUT2D eigenvalue weighted by Crippen LogP contribution is 2.22. The Hall–Kier alpha value is 0.210. The summed E-state index contributed by atoms with van der Waals surface area (Å²) in [4.78, 5) is 2.01. The maximum absolute atomic E-state index is 5.47. The Morgan fingerprint density at radius 3 is 2.22 bits per heavy atom. The molecule has 0 radical (unpaired) electrons. The van der Waals surface area contributed by atoms with Crippen molar-refractivity contribution in [3.8, 4) is 0 Å². The van der Waals surface area contributed by atoms with Gasteiger partial charge >= 0.3 is 0 Å². The van der Waals surface area contributed by atoms with E-state index < -0.39 is 0 Å². The van der Waals surface area contributed by atoms with Crippen LogP contribution in [0.3, 0.4) is 0 Å². The van der Waals surface area contributed by atoms with Gasteiger partial charge in [-0.05, 0) is 45.9 Å². The largest absolute Gasteiger partial charge is 0.143 e. The SMILES string of the molecule is Sc1ccc(SCl)cc1. The summed E-state index contributed by atoms with van der Waals surface area (Å²) in [6.07, 6.45) is 0. The second kappa shape index (κ2) is 3.40. The van der Waals surface area contributed by atoms with Crippen molar-refractivity contribution < 1.29 is 0 Å². The van der Waals surface area contributed by atoms with Crippen molar-refractivity contribution in [1.29, 1.82) is 0 Å². The number of rotatable bonds is 1. The highest BCUT2D eigenvalue weighted by atomic mass is 35.7. The van der Waals surface area contributed by atoms with Gasteiger partial charge in [-0.3, -0.25) is 0 Å². The van der Waals surface area contributed by atoms with Gasteiger partial charge in [0.1, 0.15) is 0 Å². The molecule has 0 saturated carbocycles. The van der Waals surface area contributed by atoms with E-state index in [1.165, 1.54) is 11.0 Å². The molecule has 0 aliphatic carbocycles. The van der Waals surface area contributed by atoms with Crippen LogP contribution < -0.4 is 0 Å². The second-order valence-corrected chi connectivity index (χ2v) is 3.18. The number of hydrogen-bond acceptors (Lipinski definition) is 2. The Morgan fingerprint density at radius 2 is 1.78 bits per heavy atom. The van der Waals surface area contributed by atoms with Gasteiger partial charge in [0.05, 0.1) is 0 Å². The summed E-state index contributed by atoms with van der Waals surface area (Å²) in [5.41, 5.74) is 0. The number of hydrogen-bond donors (Lipinski definition) is 1. The molecule has 0 spiro atoms. The smallest absolute Gasteiger partial charge is 0.0234 e. The fourth-order valence-corrected chi connectivity index (χ4v) is 1.19. The van der Waals surface area contributed by atoms with Crippen LogP contribution in [0.2, 0.25) is 0 Å². The van der Waals surface area contributed by atoms with E-state index in [9.17, 15) is 0 Å². The van der Waals surface area contributed by atoms with Gasteiger partial charge in [-0.25, -0.2) is 0 Å². The van der Waals surface area contributed by atoms with Crippen molar-refractivity contribution in [2.75, 3.05) is 0 Å². The van der Waals surface area contributed by atoms with Crippen LogP contribution in [0, 0.1) is 0 Å². The fourth-order valence-electron chi connectivity index (χ4n) is 0.498. The highest BCUT2D eigenvalue weighted by Gasteiger charge is 1.87. The molecule has 0 atom stereocenters. The zero-order chi connectivity index (χ0) is 6.69. The molecule has 3 heteroatoms. The fraction of sp³-hybridized carbons (Fsp3) is 0. The molecule has 0 nitrogen and oxygen atoms in total. The lowest BCUT2D eigenvalue weighted by Gasteiger charge is -1.91. The molecule has 0 heterocycles. The molecule has 48 valence electrons. The summed E-state index contributed by atoms with van der Waals surface area (Å²) in [7, 11) is 6.69. The molecule has 0 aromatic heterocycles. The van der Waals surface area contributed by atoms with Gasteiger partial charge in [0.2, 0.25) is 0 Å². The average Bonchev–Trinajstić information content (AvgIpc) is 1.90. The minimum Gasteiger partial charge on any atom is -0.143 e. The standard InChI is InChI=1S/C6H5ClS2/c7-9-6-3-1-5(8)2-4-6/h1-4,8H. The summed E-state index contributed by atoms with van der Waals surface area (Å²) in [6, 6.07) is 7.68. The number of thiol groups is 1. The zero-order valence-electron chi connectivity index (χ0n) is 4.54. The first-order valence-corrected chi connectivity index (χ1v) is 4.49. The van der Waals surface area contributed by atoms with Crippen molar-refractivity contribution >= 4 is 34.3 Å². The summed E-state index contributed by atoms with van der Waals surface area (Å²) in [5, 5.41) is 0. The van der Waals surface area contributed by atoms with Gasteiger partial charge in [0.25, 0.3) is 0 Å². The topological polar surface area (TPSA) is 0 Å². The molecular weight excluding hydrogens is 172 g/mol. The third kappa shape index (κ3) is 2.12. The predicted molar refractivity (Wildman–Crippen MR) is 45.4 cm³/mol. The van der Waals surface area contributed by atoms with E-state index >= 15 is 0 Å². The molecule has 0 amide bonds. The average molecular weight is 177 g/mol. The van der Waals surface area contributed by atoms with E-state index in [4.69, 9.17) is 10.7 Å². The van der Waals surface area contributed by atoms with E-state index in [0.717, 1.165) is 9.79 Å². The van der Waals surface area contributed by atoms with Gasteiger partial charge in [-0.15, -0.1) is 12.6 Å². The lowest BCUT2D eigenvalue weighted by Crippen LogP contribution is -1.65. The second-order valence-electron chi connectivity index (χ2n) is 1.57. The molecule has 0 aliphatic heterocycles. The van der Waals surface area contributed by atoms with E-state index in [1.807, 2.05) is 24.3 Å². The minimum absolute atomic E-state index is 0.962. The van der Waals surface area contributed by atoms with Crippen molar-refractivity contribution in [3.05, 3.63) is 24.3 Å². The molecule has 0 N–H and O–H groups in total. The van der Waals surface area contributed by atoms with Crippen LogP contribution in [0.4, 0.5) is 0 Å². The van der Waals surface area contributed by atoms with Crippen LogP contribution in [0.15, 0.2) is 34.1 Å². The van der Waals surface area contributed by atoms with Crippen molar-refractivity contribution in [2.45, 2.75) is 9.79 Å². The van der Waals surface area contributed by atoms with Crippen LogP contribution >= 0.6 is 34.3 Å². The molecule has 1 aromatic rings. The van der Waals surface area contributed by atoms with Crippen LogP contribution in [0.25, 0.3) is 0 Å². The Balaban J connectivity index is 2.88. The lowest BCUT2D eigenvalue weighted by molar-refractivity contribution is 1.37.